The highest BCUT2D eigenvalue weighted by molar-refractivity contribution is 6.04. The Morgan fingerprint density at radius 1 is 1.00 bits per heavy atom. The Labute approximate surface area is 230 Å². The molecule has 0 saturated carbocycles. The Morgan fingerprint density at radius 3 is 2.58 bits per heavy atom. The molecule has 10 heteroatoms. The molecule has 3 heterocycles. The Hall–Kier alpha value is -4.28. The number of rotatable bonds is 7. The maximum Gasteiger partial charge on any atom is 0.416 e. The van der Waals surface area contributed by atoms with Gasteiger partial charge in [0.05, 0.1) is 5.56 Å². The largest absolute Gasteiger partial charge is 0.416 e. The van der Waals surface area contributed by atoms with Crippen LogP contribution in [-0.2, 0) is 12.7 Å². The van der Waals surface area contributed by atoms with Crippen molar-refractivity contribution in [3.8, 4) is 11.1 Å². The lowest BCUT2D eigenvalue weighted by atomic mass is 10.0. The maximum atomic E-state index is 13.9. The highest BCUT2D eigenvalue weighted by atomic mass is 19.4. The van der Waals surface area contributed by atoms with Gasteiger partial charge in [-0.25, -0.2) is 4.98 Å². The van der Waals surface area contributed by atoms with Crippen molar-refractivity contribution in [2.75, 3.05) is 36.8 Å². The van der Waals surface area contributed by atoms with Crippen molar-refractivity contribution in [1.29, 1.82) is 0 Å². The number of piperazine rings is 1. The number of aromatic nitrogens is 2. The minimum absolute atomic E-state index is 0.0580. The molecule has 0 aliphatic carbocycles. The molecule has 2 aromatic heterocycles. The number of nitrogens with one attached hydrogen (secondary N) is 3. The van der Waals surface area contributed by atoms with Gasteiger partial charge in [0, 0.05) is 73.8 Å². The van der Waals surface area contributed by atoms with E-state index in [1.165, 1.54) is 12.1 Å². The van der Waals surface area contributed by atoms with Crippen LogP contribution in [0.3, 0.4) is 0 Å². The number of hydrogen-bond donors (Lipinski definition) is 3. The number of pyridine rings is 2. The summed E-state index contributed by atoms with van der Waals surface area (Å²) in [5.41, 5.74) is 3.26. The molecule has 0 radical (unpaired) electrons. The van der Waals surface area contributed by atoms with Gasteiger partial charge in [-0.1, -0.05) is 18.2 Å². The highest BCUT2D eigenvalue weighted by Crippen LogP contribution is 2.34. The molecule has 206 valence electrons. The average molecular weight is 547 g/mol. The van der Waals surface area contributed by atoms with Crippen molar-refractivity contribution < 1.29 is 18.0 Å². The van der Waals surface area contributed by atoms with E-state index < -0.39 is 17.6 Å². The van der Waals surface area contributed by atoms with Crippen molar-refractivity contribution >= 4 is 23.1 Å². The van der Waals surface area contributed by atoms with E-state index in [0.717, 1.165) is 35.8 Å². The van der Waals surface area contributed by atoms with Gasteiger partial charge in [-0.2, -0.15) is 13.2 Å². The van der Waals surface area contributed by atoms with Gasteiger partial charge in [0.15, 0.2) is 0 Å². The zero-order valence-electron chi connectivity index (χ0n) is 21.9. The van der Waals surface area contributed by atoms with E-state index in [9.17, 15) is 18.0 Å². The van der Waals surface area contributed by atoms with Crippen LogP contribution >= 0.6 is 0 Å². The number of carbonyl (C=O) groups excluding carboxylic acids is 1. The summed E-state index contributed by atoms with van der Waals surface area (Å²) in [5.74, 6) is -0.0199. The molecule has 2 aromatic carbocycles. The molecule has 0 atom stereocenters. The van der Waals surface area contributed by atoms with Crippen LogP contribution in [0.2, 0.25) is 0 Å². The Kier molecular flexibility index (Phi) is 8.09. The summed E-state index contributed by atoms with van der Waals surface area (Å²) < 4.78 is 41.8. The zero-order chi connectivity index (χ0) is 28.1. The van der Waals surface area contributed by atoms with Crippen LogP contribution in [0.25, 0.3) is 11.1 Å². The quantitative estimate of drug-likeness (QED) is 0.269. The first-order chi connectivity index (χ1) is 19.3. The van der Waals surface area contributed by atoms with E-state index in [4.69, 9.17) is 0 Å². The van der Waals surface area contributed by atoms with E-state index in [-0.39, 0.29) is 17.7 Å². The molecule has 1 fully saturated rings. The summed E-state index contributed by atoms with van der Waals surface area (Å²) in [6, 6.07) is 16.6. The summed E-state index contributed by atoms with van der Waals surface area (Å²) >= 11 is 0. The predicted octanol–water partition coefficient (Wildman–Crippen LogP) is 5.87. The van der Waals surface area contributed by atoms with Crippen LogP contribution in [0.5, 0.6) is 0 Å². The summed E-state index contributed by atoms with van der Waals surface area (Å²) in [6.45, 7) is 4.91. The fourth-order valence-electron chi connectivity index (χ4n) is 4.62. The van der Waals surface area contributed by atoms with Crippen molar-refractivity contribution in [1.82, 2.24) is 20.2 Å². The first kappa shape index (κ1) is 27.3. The number of nitrogens with zero attached hydrogens (tertiary/aromatic N) is 3. The third-order valence-electron chi connectivity index (χ3n) is 6.79. The fourth-order valence-corrected chi connectivity index (χ4v) is 4.62. The zero-order valence-corrected chi connectivity index (χ0v) is 21.9. The maximum absolute atomic E-state index is 13.9. The smallest absolute Gasteiger partial charge is 0.340 e. The van der Waals surface area contributed by atoms with Crippen molar-refractivity contribution in [2.24, 2.45) is 0 Å². The lowest BCUT2D eigenvalue weighted by molar-refractivity contribution is -0.138. The van der Waals surface area contributed by atoms with Crippen molar-refractivity contribution in [2.45, 2.75) is 19.6 Å². The molecule has 1 saturated heterocycles. The fraction of sp³-hybridized carbons (Fsp3) is 0.233. The second kappa shape index (κ2) is 11.8. The van der Waals surface area contributed by atoms with Crippen LogP contribution < -0.4 is 16.0 Å². The highest BCUT2D eigenvalue weighted by Gasteiger charge is 2.34. The number of benzene rings is 2. The van der Waals surface area contributed by atoms with E-state index in [0.29, 0.717) is 30.3 Å². The van der Waals surface area contributed by atoms with Crippen LogP contribution in [-0.4, -0.2) is 47.0 Å². The van der Waals surface area contributed by atoms with E-state index in [1.807, 2.05) is 42.2 Å². The molecular weight excluding hydrogens is 517 g/mol. The number of amides is 1. The van der Waals surface area contributed by atoms with Crippen molar-refractivity contribution in [3.63, 3.8) is 0 Å². The predicted molar refractivity (Wildman–Crippen MR) is 149 cm³/mol. The Morgan fingerprint density at radius 2 is 1.82 bits per heavy atom. The first-order valence-corrected chi connectivity index (χ1v) is 12.9. The molecule has 3 N–H and O–H groups in total. The third kappa shape index (κ3) is 6.64. The van der Waals surface area contributed by atoms with Gasteiger partial charge in [0.25, 0.3) is 5.91 Å². The first-order valence-electron chi connectivity index (χ1n) is 12.9. The summed E-state index contributed by atoms with van der Waals surface area (Å²) in [7, 11) is 0. The van der Waals surface area contributed by atoms with E-state index >= 15 is 0 Å². The van der Waals surface area contributed by atoms with Gasteiger partial charge < -0.3 is 16.0 Å². The number of aryl methyl sites for hydroxylation is 1. The van der Waals surface area contributed by atoms with Crippen LogP contribution in [0.1, 0.15) is 27.0 Å². The van der Waals surface area contributed by atoms with Gasteiger partial charge in [0.2, 0.25) is 0 Å². The molecule has 4 aromatic rings. The number of hydrogen-bond acceptors (Lipinski definition) is 6. The number of anilines is 3. The molecule has 1 aliphatic heterocycles. The molecule has 7 nitrogen and oxygen atoms in total. The van der Waals surface area contributed by atoms with Gasteiger partial charge >= 0.3 is 6.18 Å². The van der Waals surface area contributed by atoms with Crippen LogP contribution in [0.15, 0.2) is 79.3 Å². The lowest BCUT2D eigenvalue weighted by Gasteiger charge is -2.28. The van der Waals surface area contributed by atoms with E-state index in [1.54, 1.807) is 30.7 Å². The minimum Gasteiger partial charge on any atom is -0.340 e. The molecule has 40 heavy (non-hydrogen) atoms. The minimum atomic E-state index is -4.57. The van der Waals surface area contributed by atoms with Gasteiger partial charge in [-0.05, 0) is 66.1 Å². The van der Waals surface area contributed by atoms with E-state index in [2.05, 4.69) is 25.9 Å². The van der Waals surface area contributed by atoms with Crippen molar-refractivity contribution in [3.05, 3.63) is 102 Å². The molecule has 1 aliphatic rings. The lowest BCUT2D eigenvalue weighted by Crippen LogP contribution is -2.43. The van der Waals surface area contributed by atoms with Crippen LogP contribution in [0, 0.1) is 6.92 Å². The SMILES string of the molecule is Cc1ccc(NC(=O)c2ccc(CN3CCNCC3)c(C(F)(F)F)c2)cc1Nc1cc(-c2cccnc2)ccn1. The summed E-state index contributed by atoms with van der Waals surface area (Å²) in [4.78, 5) is 23.5. The van der Waals surface area contributed by atoms with Gasteiger partial charge in [0.1, 0.15) is 5.82 Å². The molecule has 1 amide bonds. The normalized spacial score (nSPS) is 14.1. The Bertz CT molecular complexity index is 1490. The number of halogens is 3. The molecular formula is C30H29F3N6O. The molecule has 0 spiro atoms. The summed E-state index contributed by atoms with van der Waals surface area (Å²) in [5, 5.41) is 9.20. The van der Waals surface area contributed by atoms with Gasteiger partial charge in [-0.15, -0.1) is 0 Å². The molecule has 0 unspecified atom stereocenters. The second-order valence-corrected chi connectivity index (χ2v) is 9.68. The topological polar surface area (TPSA) is 82.2 Å². The molecule has 5 rings (SSSR count). The third-order valence-corrected chi connectivity index (χ3v) is 6.79. The second-order valence-electron chi connectivity index (χ2n) is 9.68. The van der Waals surface area contributed by atoms with Crippen LogP contribution in [0.4, 0.5) is 30.4 Å². The standard InChI is InChI=1S/C30H29F3N6O/c1-20-4-7-25(17-27(20)38-28-16-21(8-10-36-28)23-3-2-9-35-18-23)37-29(40)22-5-6-24(26(15-22)30(31,32)33)19-39-13-11-34-12-14-39/h2-10,15-18,34H,11-14,19H2,1H3,(H,36,38)(H,37,40). The average Bonchev–Trinajstić information content (AvgIpc) is 2.95. The number of carbonyl (C=O) groups is 1. The monoisotopic (exact) mass is 546 g/mol. The summed E-state index contributed by atoms with van der Waals surface area (Å²) in [6.07, 6.45) is 0.592. The Balaban J connectivity index is 1.33. The van der Waals surface area contributed by atoms with Gasteiger partial charge in [-0.3, -0.25) is 14.7 Å². The molecule has 0 bridgehead atoms. The number of alkyl halides is 3.